The van der Waals surface area contributed by atoms with Gasteiger partial charge in [-0.25, -0.2) is 0 Å². The lowest BCUT2D eigenvalue weighted by molar-refractivity contribution is -0.0955. The normalized spacial score (nSPS) is 23.7. The van der Waals surface area contributed by atoms with Crippen LogP contribution in [0, 0.1) is 0 Å². The molecule has 0 aromatic heterocycles. The number of benzene rings is 1. The molecule has 5 heteroatoms. The molecule has 112 valence electrons. The van der Waals surface area contributed by atoms with E-state index in [9.17, 15) is 5.11 Å². The Morgan fingerprint density at radius 3 is 3.05 bits per heavy atom. The van der Waals surface area contributed by atoms with Crippen LogP contribution >= 0.6 is 0 Å². The van der Waals surface area contributed by atoms with Crippen LogP contribution in [0.15, 0.2) is 24.3 Å². The molecule has 2 atom stereocenters. The first kappa shape index (κ1) is 15.1. The van der Waals surface area contributed by atoms with Crippen molar-refractivity contribution in [2.24, 2.45) is 0 Å². The number of nitrogens with two attached hydrogens (primary N) is 1. The fraction of sp³-hybridized carbons (Fsp3) is 0.600. The molecule has 5 nitrogen and oxygen atoms in total. The van der Waals surface area contributed by atoms with Crippen LogP contribution in [-0.2, 0) is 4.74 Å². The molecule has 1 aromatic rings. The van der Waals surface area contributed by atoms with Gasteiger partial charge in [0.1, 0.15) is 5.75 Å². The number of ether oxygens (including phenoxy) is 2. The lowest BCUT2D eigenvalue weighted by Gasteiger charge is -2.36. The van der Waals surface area contributed by atoms with Crippen LogP contribution in [0.5, 0.6) is 5.75 Å². The summed E-state index contributed by atoms with van der Waals surface area (Å²) in [6.45, 7) is 5.44. The van der Waals surface area contributed by atoms with Gasteiger partial charge in [0.25, 0.3) is 0 Å². The molecule has 20 heavy (non-hydrogen) atoms. The van der Waals surface area contributed by atoms with Gasteiger partial charge in [-0.05, 0) is 25.5 Å². The van der Waals surface area contributed by atoms with Crippen LogP contribution in [0.25, 0.3) is 0 Å². The van der Waals surface area contributed by atoms with Crippen LogP contribution in [0.4, 0.5) is 5.69 Å². The SMILES string of the molecule is CC1CN(CCCOc2cccc(N)c2)CC(CO)O1. The van der Waals surface area contributed by atoms with E-state index < -0.39 is 0 Å². The Morgan fingerprint density at radius 2 is 2.30 bits per heavy atom. The van der Waals surface area contributed by atoms with E-state index in [0.717, 1.165) is 37.5 Å². The average molecular weight is 280 g/mol. The molecule has 1 saturated heterocycles. The predicted octanol–water partition coefficient (Wildman–Crippen LogP) is 1.12. The summed E-state index contributed by atoms with van der Waals surface area (Å²) in [5.41, 5.74) is 6.42. The van der Waals surface area contributed by atoms with Crippen molar-refractivity contribution in [3.63, 3.8) is 0 Å². The summed E-state index contributed by atoms with van der Waals surface area (Å²) in [7, 11) is 0. The first-order chi connectivity index (χ1) is 9.67. The number of rotatable bonds is 6. The number of hydrogen-bond donors (Lipinski definition) is 2. The third-order valence-electron chi connectivity index (χ3n) is 3.35. The number of aliphatic hydroxyl groups is 1. The van der Waals surface area contributed by atoms with Gasteiger partial charge in [0.05, 0.1) is 25.4 Å². The fourth-order valence-electron chi connectivity index (χ4n) is 2.51. The number of morpholine rings is 1. The molecular weight excluding hydrogens is 256 g/mol. The number of nitrogen functional groups attached to an aromatic ring is 1. The molecule has 2 unspecified atom stereocenters. The lowest BCUT2D eigenvalue weighted by atomic mass is 10.2. The van der Waals surface area contributed by atoms with Crippen LogP contribution in [0.1, 0.15) is 13.3 Å². The van der Waals surface area contributed by atoms with E-state index in [2.05, 4.69) is 4.90 Å². The smallest absolute Gasteiger partial charge is 0.121 e. The van der Waals surface area contributed by atoms with E-state index in [1.54, 1.807) is 0 Å². The summed E-state index contributed by atoms with van der Waals surface area (Å²) in [5.74, 6) is 0.814. The van der Waals surface area contributed by atoms with Crippen LogP contribution in [-0.4, -0.2) is 55.1 Å². The molecule has 0 aliphatic carbocycles. The van der Waals surface area contributed by atoms with E-state index in [4.69, 9.17) is 15.2 Å². The van der Waals surface area contributed by atoms with Crippen molar-refractivity contribution in [2.45, 2.75) is 25.6 Å². The molecule has 0 amide bonds. The molecule has 0 bridgehead atoms. The molecule has 0 spiro atoms. The van der Waals surface area contributed by atoms with E-state index in [1.165, 1.54) is 0 Å². The first-order valence-electron chi connectivity index (χ1n) is 7.14. The molecule has 0 saturated carbocycles. The molecule has 0 radical (unpaired) electrons. The molecule has 3 N–H and O–H groups in total. The molecule has 1 aliphatic rings. The zero-order valence-electron chi connectivity index (χ0n) is 12.0. The van der Waals surface area contributed by atoms with Gasteiger partial charge >= 0.3 is 0 Å². The highest BCUT2D eigenvalue weighted by Gasteiger charge is 2.23. The van der Waals surface area contributed by atoms with Gasteiger partial charge in [0.2, 0.25) is 0 Å². The Hall–Kier alpha value is -1.30. The Labute approximate surface area is 120 Å². The van der Waals surface area contributed by atoms with Crippen molar-refractivity contribution in [1.82, 2.24) is 4.90 Å². The maximum Gasteiger partial charge on any atom is 0.121 e. The molecular formula is C15H24N2O3. The van der Waals surface area contributed by atoms with Crippen molar-refractivity contribution < 1.29 is 14.6 Å². The molecule has 1 aliphatic heterocycles. The summed E-state index contributed by atoms with van der Waals surface area (Å²) >= 11 is 0. The van der Waals surface area contributed by atoms with E-state index >= 15 is 0 Å². The minimum atomic E-state index is -0.0615. The summed E-state index contributed by atoms with van der Waals surface area (Å²) in [4.78, 5) is 2.32. The highest BCUT2D eigenvalue weighted by Crippen LogP contribution is 2.15. The number of anilines is 1. The number of nitrogens with zero attached hydrogens (tertiary/aromatic N) is 1. The van der Waals surface area contributed by atoms with Gasteiger partial charge in [0, 0.05) is 31.4 Å². The summed E-state index contributed by atoms with van der Waals surface area (Å²) < 4.78 is 11.3. The van der Waals surface area contributed by atoms with Crippen molar-refractivity contribution in [3.05, 3.63) is 24.3 Å². The minimum absolute atomic E-state index is 0.0615. The second-order valence-corrected chi connectivity index (χ2v) is 5.29. The molecule has 2 rings (SSSR count). The largest absolute Gasteiger partial charge is 0.493 e. The second kappa shape index (κ2) is 7.47. The highest BCUT2D eigenvalue weighted by molar-refractivity contribution is 5.43. The van der Waals surface area contributed by atoms with E-state index in [0.29, 0.717) is 6.61 Å². The third-order valence-corrected chi connectivity index (χ3v) is 3.35. The molecule has 1 fully saturated rings. The highest BCUT2D eigenvalue weighted by atomic mass is 16.5. The monoisotopic (exact) mass is 280 g/mol. The maximum atomic E-state index is 9.18. The lowest BCUT2D eigenvalue weighted by Crippen LogP contribution is -2.48. The van der Waals surface area contributed by atoms with Gasteiger partial charge in [-0.3, -0.25) is 4.90 Å². The van der Waals surface area contributed by atoms with E-state index in [-0.39, 0.29) is 18.8 Å². The number of hydrogen-bond acceptors (Lipinski definition) is 5. The topological polar surface area (TPSA) is 68.0 Å². The standard InChI is InChI=1S/C15H24N2O3/c1-12-9-17(10-15(11-18)20-12)6-3-7-19-14-5-2-4-13(16)8-14/h2,4-5,8,12,15,18H,3,6-7,9-11,16H2,1H3. The molecule has 1 aromatic carbocycles. The van der Waals surface area contributed by atoms with Crippen molar-refractivity contribution in [3.8, 4) is 5.75 Å². The Bertz CT molecular complexity index is 414. The third kappa shape index (κ3) is 4.67. The average Bonchev–Trinajstić information content (AvgIpc) is 2.43. The van der Waals surface area contributed by atoms with Gasteiger partial charge in [-0.2, -0.15) is 0 Å². The first-order valence-corrected chi connectivity index (χ1v) is 7.14. The zero-order valence-corrected chi connectivity index (χ0v) is 12.0. The summed E-state index contributed by atoms with van der Waals surface area (Å²) in [6, 6.07) is 7.48. The molecule has 1 heterocycles. The van der Waals surface area contributed by atoms with Crippen molar-refractivity contribution in [2.75, 3.05) is 38.6 Å². The quantitative estimate of drug-likeness (QED) is 0.604. The fourth-order valence-corrected chi connectivity index (χ4v) is 2.51. The predicted molar refractivity (Wildman–Crippen MR) is 78.8 cm³/mol. The van der Waals surface area contributed by atoms with Crippen LogP contribution in [0.2, 0.25) is 0 Å². The minimum Gasteiger partial charge on any atom is -0.493 e. The van der Waals surface area contributed by atoms with Crippen LogP contribution in [0.3, 0.4) is 0 Å². The maximum absolute atomic E-state index is 9.18. The Morgan fingerprint density at radius 1 is 1.45 bits per heavy atom. The van der Waals surface area contributed by atoms with Crippen molar-refractivity contribution >= 4 is 5.69 Å². The second-order valence-electron chi connectivity index (χ2n) is 5.29. The van der Waals surface area contributed by atoms with Gasteiger partial charge in [-0.15, -0.1) is 0 Å². The zero-order chi connectivity index (χ0) is 14.4. The van der Waals surface area contributed by atoms with Gasteiger partial charge in [0.15, 0.2) is 0 Å². The summed E-state index contributed by atoms with van der Waals surface area (Å²) in [6.07, 6.45) is 1.06. The summed E-state index contributed by atoms with van der Waals surface area (Å²) in [5, 5.41) is 9.18. The van der Waals surface area contributed by atoms with Crippen LogP contribution < -0.4 is 10.5 Å². The van der Waals surface area contributed by atoms with Gasteiger partial charge in [-0.1, -0.05) is 6.07 Å². The Balaban J connectivity index is 1.68. The number of aliphatic hydroxyl groups excluding tert-OH is 1. The van der Waals surface area contributed by atoms with E-state index in [1.807, 2.05) is 31.2 Å². The Kier molecular flexibility index (Phi) is 5.64. The van der Waals surface area contributed by atoms with Crippen molar-refractivity contribution in [1.29, 1.82) is 0 Å². The van der Waals surface area contributed by atoms with Gasteiger partial charge < -0.3 is 20.3 Å².